The lowest BCUT2D eigenvalue weighted by Crippen LogP contribution is -2.20. The molecular formula is C19H23NO4. The van der Waals surface area contributed by atoms with E-state index in [1.807, 2.05) is 30.3 Å². The highest BCUT2D eigenvalue weighted by molar-refractivity contribution is 5.45. The Morgan fingerprint density at radius 3 is 2.54 bits per heavy atom. The van der Waals surface area contributed by atoms with E-state index in [9.17, 15) is 0 Å². The Balaban J connectivity index is 1.68. The first-order valence-corrected chi connectivity index (χ1v) is 8.05. The molecule has 0 aliphatic carbocycles. The zero-order valence-electron chi connectivity index (χ0n) is 14.3. The van der Waals surface area contributed by atoms with E-state index in [1.54, 1.807) is 14.2 Å². The predicted molar refractivity (Wildman–Crippen MR) is 92.2 cm³/mol. The molecule has 128 valence electrons. The van der Waals surface area contributed by atoms with Crippen LogP contribution in [0.2, 0.25) is 0 Å². The van der Waals surface area contributed by atoms with Crippen LogP contribution in [-0.2, 0) is 6.54 Å². The summed E-state index contributed by atoms with van der Waals surface area (Å²) in [4.78, 5) is 0. The van der Waals surface area contributed by atoms with Crippen molar-refractivity contribution in [3.05, 3.63) is 47.5 Å². The maximum atomic E-state index is 5.65. The Kier molecular flexibility index (Phi) is 5.11. The van der Waals surface area contributed by atoms with E-state index in [0.29, 0.717) is 19.8 Å². The van der Waals surface area contributed by atoms with Crippen LogP contribution >= 0.6 is 0 Å². The Morgan fingerprint density at radius 1 is 1.00 bits per heavy atom. The summed E-state index contributed by atoms with van der Waals surface area (Å²) in [6, 6.07) is 12.1. The van der Waals surface area contributed by atoms with E-state index in [2.05, 4.69) is 18.3 Å². The van der Waals surface area contributed by atoms with Crippen LogP contribution in [0.5, 0.6) is 23.0 Å². The summed E-state index contributed by atoms with van der Waals surface area (Å²) >= 11 is 0. The van der Waals surface area contributed by atoms with Gasteiger partial charge in [-0.2, -0.15) is 0 Å². The third kappa shape index (κ3) is 3.57. The summed E-state index contributed by atoms with van der Waals surface area (Å²) in [5, 5.41) is 3.52. The summed E-state index contributed by atoms with van der Waals surface area (Å²) in [5.74, 6) is 3.23. The maximum absolute atomic E-state index is 5.65. The summed E-state index contributed by atoms with van der Waals surface area (Å²) in [7, 11) is 3.32. The molecule has 1 aliphatic rings. The van der Waals surface area contributed by atoms with Crippen LogP contribution in [0.3, 0.4) is 0 Å². The van der Waals surface area contributed by atoms with Gasteiger partial charge in [0.25, 0.3) is 0 Å². The minimum atomic E-state index is 0.174. The molecule has 5 nitrogen and oxygen atoms in total. The number of rotatable bonds is 6. The maximum Gasteiger partial charge on any atom is 0.161 e. The fourth-order valence-electron chi connectivity index (χ4n) is 2.71. The van der Waals surface area contributed by atoms with Crippen molar-refractivity contribution in [3.63, 3.8) is 0 Å². The smallest absolute Gasteiger partial charge is 0.161 e. The van der Waals surface area contributed by atoms with Gasteiger partial charge in [0.15, 0.2) is 11.5 Å². The lowest BCUT2D eigenvalue weighted by molar-refractivity contribution is 0.171. The quantitative estimate of drug-likeness (QED) is 0.881. The van der Waals surface area contributed by atoms with Gasteiger partial charge in [-0.15, -0.1) is 0 Å². The fraction of sp³-hybridized carbons (Fsp3) is 0.368. The van der Waals surface area contributed by atoms with Crippen molar-refractivity contribution in [2.24, 2.45) is 0 Å². The van der Waals surface area contributed by atoms with Crippen LogP contribution in [0.15, 0.2) is 36.4 Å². The second-order valence-electron chi connectivity index (χ2n) is 5.68. The molecule has 2 aromatic carbocycles. The number of hydrogen-bond donors (Lipinski definition) is 1. The molecule has 1 aliphatic heterocycles. The van der Waals surface area contributed by atoms with E-state index in [1.165, 1.54) is 0 Å². The number of methoxy groups -OCH3 is 2. The Hall–Kier alpha value is -2.40. The fourth-order valence-corrected chi connectivity index (χ4v) is 2.71. The highest BCUT2D eigenvalue weighted by atomic mass is 16.6. The molecule has 1 N–H and O–H groups in total. The van der Waals surface area contributed by atoms with E-state index < -0.39 is 0 Å². The zero-order chi connectivity index (χ0) is 16.9. The van der Waals surface area contributed by atoms with E-state index in [-0.39, 0.29) is 6.04 Å². The van der Waals surface area contributed by atoms with Gasteiger partial charge in [0.1, 0.15) is 24.7 Å². The van der Waals surface area contributed by atoms with Gasteiger partial charge in [-0.3, -0.25) is 0 Å². The Morgan fingerprint density at radius 2 is 1.79 bits per heavy atom. The molecular weight excluding hydrogens is 306 g/mol. The number of hydrogen-bond acceptors (Lipinski definition) is 5. The van der Waals surface area contributed by atoms with Gasteiger partial charge >= 0.3 is 0 Å². The first kappa shape index (κ1) is 16.5. The van der Waals surface area contributed by atoms with Gasteiger partial charge < -0.3 is 24.3 Å². The van der Waals surface area contributed by atoms with E-state index in [4.69, 9.17) is 18.9 Å². The number of nitrogens with one attached hydrogen (secondary N) is 1. The third-order valence-corrected chi connectivity index (χ3v) is 4.16. The molecule has 0 aromatic heterocycles. The highest BCUT2D eigenvalue weighted by Gasteiger charge is 2.15. The summed E-state index contributed by atoms with van der Waals surface area (Å²) in [6.07, 6.45) is 0. The Labute approximate surface area is 142 Å². The first-order chi connectivity index (χ1) is 11.7. The van der Waals surface area contributed by atoms with Gasteiger partial charge in [0.2, 0.25) is 0 Å². The second-order valence-corrected chi connectivity index (χ2v) is 5.68. The van der Waals surface area contributed by atoms with Crippen molar-refractivity contribution in [1.82, 2.24) is 5.32 Å². The van der Waals surface area contributed by atoms with Crippen LogP contribution < -0.4 is 24.3 Å². The molecule has 0 bridgehead atoms. The largest absolute Gasteiger partial charge is 0.497 e. The molecule has 1 atom stereocenters. The van der Waals surface area contributed by atoms with Crippen molar-refractivity contribution in [2.75, 3.05) is 27.4 Å². The molecule has 0 amide bonds. The first-order valence-electron chi connectivity index (χ1n) is 8.05. The zero-order valence-corrected chi connectivity index (χ0v) is 14.3. The molecule has 0 fully saturated rings. The van der Waals surface area contributed by atoms with Crippen LogP contribution in [0.25, 0.3) is 0 Å². The van der Waals surface area contributed by atoms with Crippen LogP contribution in [0, 0.1) is 0 Å². The van der Waals surface area contributed by atoms with Gasteiger partial charge in [-0.1, -0.05) is 12.1 Å². The molecule has 0 unspecified atom stereocenters. The minimum absolute atomic E-state index is 0.174. The number of ether oxygens (including phenoxy) is 4. The molecule has 0 saturated carbocycles. The van der Waals surface area contributed by atoms with E-state index >= 15 is 0 Å². The van der Waals surface area contributed by atoms with Crippen molar-refractivity contribution in [2.45, 2.75) is 19.5 Å². The predicted octanol–water partition coefficient (Wildman–Crippen LogP) is 3.33. The van der Waals surface area contributed by atoms with Crippen molar-refractivity contribution >= 4 is 0 Å². The van der Waals surface area contributed by atoms with Crippen LogP contribution in [-0.4, -0.2) is 27.4 Å². The molecule has 1 heterocycles. The number of benzene rings is 2. The van der Waals surface area contributed by atoms with Crippen LogP contribution in [0.1, 0.15) is 24.1 Å². The molecule has 0 radical (unpaired) electrons. The number of fused-ring (bicyclic) bond motifs is 1. The monoisotopic (exact) mass is 329 g/mol. The lowest BCUT2D eigenvalue weighted by atomic mass is 10.1. The molecule has 3 rings (SSSR count). The normalized spacial score (nSPS) is 14.1. The Bertz CT molecular complexity index is 702. The van der Waals surface area contributed by atoms with Gasteiger partial charge in [0, 0.05) is 24.2 Å². The summed E-state index contributed by atoms with van der Waals surface area (Å²) in [5.41, 5.74) is 2.24. The van der Waals surface area contributed by atoms with Gasteiger partial charge in [0.05, 0.1) is 14.2 Å². The molecule has 0 spiro atoms. The summed E-state index contributed by atoms with van der Waals surface area (Å²) < 4.78 is 21.9. The average molecular weight is 329 g/mol. The van der Waals surface area contributed by atoms with Crippen LogP contribution in [0.4, 0.5) is 0 Å². The topological polar surface area (TPSA) is 49.0 Å². The van der Waals surface area contributed by atoms with Crippen molar-refractivity contribution in [1.29, 1.82) is 0 Å². The molecule has 0 saturated heterocycles. The van der Waals surface area contributed by atoms with Crippen molar-refractivity contribution < 1.29 is 18.9 Å². The standard InChI is InChI=1S/C19H23NO4/c1-13(14-5-7-17-19(10-14)24-9-8-23-17)20-12-15-4-6-16(21-2)11-18(15)22-3/h4-7,10-11,13,20H,8-9,12H2,1-3H3/t13-/m1/s1. The average Bonchev–Trinajstić information content (AvgIpc) is 2.65. The molecule has 24 heavy (non-hydrogen) atoms. The SMILES string of the molecule is COc1ccc(CN[C@H](C)c2ccc3c(c2)OCCO3)c(OC)c1. The minimum Gasteiger partial charge on any atom is -0.497 e. The highest BCUT2D eigenvalue weighted by Crippen LogP contribution is 2.33. The summed E-state index contributed by atoms with van der Waals surface area (Å²) in [6.45, 7) is 4.03. The third-order valence-electron chi connectivity index (χ3n) is 4.16. The van der Waals surface area contributed by atoms with E-state index in [0.717, 1.165) is 34.1 Å². The lowest BCUT2D eigenvalue weighted by Gasteiger charge is -2.21. The second kappa shape index (κ2) is 7.45. The molecule has 2 aromatic rings. The van der Waals surface area contributed by atoms with Crippen molar-refractivity contribution in [3.8, 4) is 23.0 Å². The molecule has 5 heteroatoms. The van der Waals surface area contributed by atoms with Gasteiger partial charge in [-0.05, 0) is 30.7 Å². The van der Waals surface area contributed by atoms with Gasteiger partial charge in [-0.25, -0.2) is 0 Å².